The summed E-state index contributed by atoms with van der Waals surface area (Å²) in [6.45, 7) is 21.6. The maximum absolute atomic E-state index is 11.3. The van der Waals surface area contributed by atoms with Crippen molar-refractivity contribution in [3.63, 3.8) is 0 Å². The van der Waals surface area contributed by atoms with E-state index in [2.05, 4.69) is 65.8 Å². The summed E-state index contributed by atoms with van der Waals surface area (Å²) in [5.74, 6) is 1.98. The van der Waals surface area contributed by atoms with E-state index < -0.39 is 16.6 Å². The van der Waals surface area contributed by atoms with Crippen LogP contribution in [-0.2, 0) is 5.41 Å². The van der Waals surface area contributed by atoms with Gasteiger partial charge in [0.2, 0.25) is 0 Å². The normalized spacial score (nSPS) is 33.1. The highest BCUT2D eigenvalue weighted by Gasteiger charge is 2.62. The van der Waals surface area contributed by atoms with Crippen LogP contribution in [0.3, 0.4) is 0 Å². The van der Waals surface area contributed by atoms with Gasteiger partial charge in [-0.3, -0.25) is 9.97 Å². The van der Waals surface area contributed by atoms with Gasteiger partial charge in [-0.05, 0) is 112 Å². The third-order valence-electron chi connectivity index (χ3n) is 11.5. The SMILES string of the molecule is CC(C)(c1ccc2c(n1)[C@H](C(C)(C)O)[C@@H]1C[C@H]2C1(C)C)c1ccc2c(n1)[C@H](C(C)(C)O)[C@@H]1C[C@H]2C1(C)C. The molecule has 8 rings (SSSR count). The standard InChI is InChI=1S/C33H46N2O2/c1-29(2)19-15-21(29)25(32(7,8)36)27-17(19)11-13-23(34-27)31(5,6)24-14-12-18-20-16-22(30(20,3)4)26(28(18)35-24)33(9,10)37/h11-14,19-22,25-26,36-37H,15-16H2,1-10H3/t19-,20-,21+,22+,25-,26-/m1/s1. The molecule has 0 amide bonds. The van der Waals surface area contributed by atoms with Crippen LogP contribution < -0.4 is 0 Å². The molecule has 4 nitrogen and oxygen atoms in total. The van der Waals surface area contributed by atoms with Crippen molar-refractivity contribution in [3.05, 3.63) is 58.2 Å². The van der Waals surface area contributed by atoms with Crippen molar-refractivity contribution in [1.82, 2.24) is 9.97 Å². The van der Waals surface area contributed by atoms with Crippen LogP contribution in [0.2, 0.25) is 0 Å². The quantitative estimate of drug-likeness (QED) is 0.483. The van der Waals surface area contributed by atoms with Gasteiger partial charge in [-0.25, -0.2) is 0 Å². The van der Waals surface area contributed by atoms with Crippen molar-refractivity contribution in [1.29, 1.82) is 0 Å². The highest BCUT2D eigenvalue weighted by molar-refractivity contribution is 5.46. The Bertz CT molecular complexity index is 1180. The molecule has 0 unspecified atom stereocenters. The molecule has 0 radical (unpaired) electrons. The van der Waals surface area contributed by atoms with Gasteiger partial charge in [0, 0.05) is 17.3 Å². The molecule has 37 heavy (non-hydrogen) atoms. The van der Waals surface area contributed by atoms with Crippen LogP contribution >= 0.6 is 0 Å². The summed E-state index contributed by atoms with van der Waals surface area (Å²) in [6.07, 6.45) is 2.28. The van der Waals surface area contributed by atoms with Gasteiger partial charge < -0.3 is 10.2 Å². The van der Waals surface area contributed by atoms with Crippen molar-refractivity contribution in [2.75, 3.05) is 0 Å². The third kappa shape index (κ3) is 3.27. The molecule has 0 aliphatic heterocycles. The highest BCUT2D eigenvalue weighted by atomic mass is 16.3. The molecule has 4 bridgehead atoms. The van der Waals surface area contributed by atoms with Gasteiger partial charge in [0.05, 0.1) is 34.0 Å². The Morgan fingerprint density at radius 1 is 0.649 bits per heavy atom. The van der Waals surface area contributed by atoms with Crippen LogP contribution in [0.4, 0.5) is 0 Å². The molecule has 2 saturated carbocycles. The molecular formula is C33H46N2O2. The van der Waals surface area contributed by atoms with E-state index in [1.807, 2.05) is 27.7 Å². The van der Waals surface area contributed by atoms with Crippen molar-refractivity contribution in [3.8, 4) is 0 Å². The molecule has 6 aliphatic carbocycles. The van der Waals surface area contributed by atoms with E-state index in [1.54, 1.807) is 0 Å². The number of nitrogens with zero attached hydrogens (tertiary/aromatic N) is 2. The van der Waals surface area contributed by atoms with Gasteiger partial charge in [-0.2, -0.15) is 0 Å². The smallest absolute Gasteiger partial charge is 0.0678 e. The lowest BCUT2D eigenvalue weighted by atomic mass is 9.43. The Balaban J connectivity index is 1.44. The summed E-state index contributed by atoms with van der Waals surface area (Å²) in [7, 11) is 0. The van der Waals surface area contributed by atoms with Crippen LogP contribution in [0.15, 0.2) is 24.3 Å². The molecule has 0 aromatic carbocycles. The van der Waals surface area contributed by atoms with E-state index in [-0.39, 0.29) is 22.7 Å². The minimum Gasteiger partial charge on any atom is -0.390 e. The maximum Gasteiger partial charge on any atom is 0.0678 e. The van der Waals surface area contributed by atoms with Gasteiger partial charge in [0.15, 0.2) is 0 Å². The number of hydrogen-bond acceptors (Lipinski definition) is 4. The van der Waals surface area contributed by atoms with Crippen molar-refractivity contribution >= 4 is 0 Å². The zero-order chi connectivity index (χ0) is 27.1. The first-order chi connectivity index (χ1) is 16.9. The fraction of sp³-hybridized carbons (Fsp3) is 0.697. The monoisotopic (exact) mass is 502 g/mol. The number of pyridine rings is 2. The Morgan fingerprint density at radius 2 is 1.00 bits per heavy atom. The summed E-state index contributed by atoms with van der Waals surface area (Å²) in [5.41, 5.74) is 5.18. The second-order valence-corrected chi connectivity index (χ2v) is 15.7. The second-order valence-electron chi connectivity index (χ2n) is 15.7. The highest BCUT2D eigenvalue weighted by Crippen LogP contribution is 2.69. The summed E-state index contributed by atoms with van der Waals surface area (Å²) < 4.78 is 0. The van der Waals surface area contributed by atoms with Crippen molar-refractivity contribution in [2.45, 2.75) is 122 Å². The third-order valence-corrected chi connectivity index (χ3v) is 11.5. The largest absolute Gasteiger partial charge is 0.390 e. The molecule has 200 valence electrons. The number of aliphatic hydroxyl groups is 2. The van der Waals surface area contributed by atoms with E-state index in [9.17, 15) is 10.2 Å². The summed E-state index contributed by atoms with van der Waals surface area (Å²) in [4.78, 5) is 10.7. The van der Waals surface area contributed by atoms with E-state index in [1.165, 1.54) is 11.1 Å². The molecule has 2 heterocycles. The molecule has 2 fully saturated rings. The average molecular weight is 503 g/mol. The van der Waals surface area contributed by atoms with E-state index in [0.29, 0.717) is 23.7 Å². The molecule has 0 spiro atoms. The van der Waals surface area contributed by atoms with E-state index >= 15 is 0 Å². The second kappa shape index (κ2) is 7.24. The number of hydrogen-bond donors (Lipinski definition) is 2. The number of aromatic nitrogens is 2. The van der Waals surface area contributed by atoms with Gasteiger partial charge >= 0.3 is 0 Å². The van der Waals surface area contributed by atoms with E-state index in [4.69, 9.17) is 9.97 Å². The lowest BCUT2D eigenvalue weighted by molar-refractivity contribution is -0.0793. The Labute approximate surface area is 223 Å². The minimum absolute atomic E-state index is 0.0312. The van der Waals surface area contributed by atoms with Crippen LogP contribution in [0.25, 0.3) is 0 Å². The Kier molecular flexibility index (Phi) is 4.99. The first-order valence-electron chi connectivity index (χ1n) is 14.3. The van der Waals surface area contributed by atoms with Gasteiger partial charge in [0.25, 0.3) is 0 Å². The first-order valence-corrected chi connectivity index (χ1v) is 14.3. The molecule has 4 heteroatoms. The molecule has 0 saturated heterocycles. The summed E-state index contributed by atoms with van der Waals surface area (Å²) in [6, 6.07) is 8.97. The summed E-state index contributed by atoms with van der Waals surface area (Å²) >= 11 is 0. The zero-order valence-corrected chi connectivity index (χ0v) is 24.5. The molecule has 2 aromatic rings. The average Bonchev–Trinajstić information content (AvgIpc) is 2.79. The van der Waals surface area contributed by atoms with E-state index in [0.717, 1.165) is 35.6 Å². The molecular weight excluding hydrogens is 456 g/mol. The maximum atomic E-state index is 11.3. The fourth-order valence-corrected chi connectivity index (χ4v) is 9.03. The summed E-state index contributed by atoms with van der Waals surface area (Å²) in [5, 5.41) is 22.5. The van der Waals surface area contributed by atoms with Crippen molar-refractivity contribution < 1.29 is 10.2 Å². The topological polar surface area (TPSA) is 66.2 Å². The molecule has 2 aromatic heterocycles. The van der Waals surface area contributed by atoms with Gasteiger partial charge in [-0.1, -0.05) is 39.8 Å². The van der Waals surface area contributed by atoms with Gasteiger partial charge in [-0.15, -0.1) is 0 Å². The fourth-order valence-electron chi connectivity index (χ4n) is 9.03. The van der Waals surface area contributed by atoms with Crippen LogP contribution in [-0.4, -0.2) is 31.4 Å². The van der Waals surface area contributed by atoms with Crippen molar-refractivity contribution in [2.24, 2.45) is 22.7 Å². The minimum atomic E-state index is -0.824. The zero-order valence-electron chi connectivity index (χ0n) is 24.5. The predicted octanol–water partition coefficient (Wildman–Crippen LogP) is 6.80. The molecule has 6 atom stereocenters. The van der Waals surface area contributed by atoms with Crippen LogP contribution in [0.1, 0.15) is 140 Å². The van der Waals surface area contributed by atoms with Crippen LogP contribution in [0.5, 0.6) is 0 Å². The molecule has 2 N–H and O–H groups in total. The Hall–Kier alpha value is -1.78. The lowest BCUT2D eigenvalue weighted by Crippen LogP contribution is -2.55. The van der Waals surface area contributed by atoms with Gasteiger partial charge in [0.1, 0.15) is 0 Å². The molecule has 6 aliphatic rings. The lowest BCUT2D eigenvalue weighted by Gasteiger charge is -2.62. The first kappa shape index (κ1) is 25.5. The number of rotatable bonds is 4. The predicted molar refractivity (Wildman–Crippen MR) is 148 cm³/mol. The Morgan fingerprint density at radius 3 is 1.30 bits per heavy atom. The van der Waals surface area contributed by atoms with Crippen LogP contribution in [0, 0.1) is 22.7 Å².